The minimum Gasteiger partial charge on any atom is -0.497 e. The van der Waals surface area contributed by atoms with Gasteiger partial charge in [-0.3, -0.25) is 4.72 Å². The molecule has 0 saturated carbocycles. The van der Waals surface area contributed by atoms with Crippen LogP contribution in [0.2, 0.25) is 0 Å². The van der Waals surface area contributed by atoms with Crippen molar-refractivity contribution < 1.29 is 31.8 Å². The van der Waals surface area contributed by atoms with Crippen LogP contribution in [0.3, 0.4) is 0 Å². The molecule has 0 saturated heterocycles. The maximum absolute atomic E-state index is 14.5. The zero-order valence-corrected chi connectivity index (χ0v) is 19.9. The average Bonchev–Trinajstić information content (AvgIpc) is 2.80. The Bertz CT molecular complexity index is 1260. The summed E-state index contributed by atoms with van der Waals surface area (Å²) >= 11 is 0. The van der Waals surface area contributed by atoms with Crippen LogP contribution in [0.25, 0.3) is 0 Å². The maximum Gasteiger partial charge on any atom is 0.229 e. The number of hydrogen-bond acceptors (Lipinski definition) is 10. The number of halogens is 1. The fraction of sp³-hybridized carbons (Fsp3) is 0.238. The van der Waals surface area contributed by atoms with Crippen LogP contribution in [0.15, 0.2) is 36.5 Å². The first kappa shape index (κ1) is 24.6. The van der Waals surface area contributed by atoms with Crippen molar-refractivity contribution in [3.63, 3.8) is 0 Å². The standard InChI is InChI=1S/C21H24FN5O6S/c1-30-13-6-7-15(16(10-13)27-34(5,28)29)25-20-14(22)11-23-21(26-20)24-12-8-17(31-2)19(33-4)18(9-12)32-3/h6-11,27H,1-5H3,(H2,23,24,25,26). The molecule has 1 heterocycles. The Balaban J connectivity index is 1.94. The first-order valence-corrected chi connectivity index (χ1v) is 11.6. The molecule has 13 heteroatoms. The van der Waals surface area contributed by atoms with Gasteiger partial charge in [-0.2, -0.15) is 4.98 Å². The average molecular weight is 494 g/mol. The monoisotopic (exact) mass is 493 g/mol. The predicted molar refractivity (Wildman–Crippen MR) is 126 cm³/mol. The highest BCUT2D eigenvalue weighted by atomic mass is 32.2. The summed E-state index contributed by atoms with van der Waals surface area (Å²) < 4.78 is 61.5. The second-order valence-electron chi connectivity index (χ2n) is 6.84. The molecule has 0 amide bonds. The third kappa shape index (κ3) is 5.86. The lowest BCUT2D eigenvalue weighted by Crippen LogP contribution is -2.12. The van der Waals surface area contributed by atoms with E-state index in [1.807, 2.05) is 0 Å². The lowest BCUT2D eigenvalue weighted by molar-refractivity contribution is 0.324. The minimum atomic E-state index is -3.61. The highest BCUT2D eigenvalue weighted by Gasteiger charge is 2.16. The zero-order valence-electron chi connectivity index (χ0n) is 19.1. The van der Waals surface area contributed by atoms with Crippen LogP contribution in [0, 0.1) is 5.82 Å². The summed E-state index contributed by atoms with van der Waals surface area (Å²) in [6, 6.07) is 7.85. The molecule has 0 radical (unpaired) electrons. The van der Waals surface area contributed by atoms with Gasteiger partial charge in [0.1, 0.15) is 5.75 Å². The molecular weight excluding hydrogens is 469 g/mol. The molecule has 0 aliphatic heterocycles. The molecule has 2 aromatic carbocycles. The van der Waals surface area contributed by atoms with E-state index in [-0.39, 0.29) is 23.1 Å². The summed E-state index contributed by atoms with van der Waals surface area (Å²) in [6.07, 6.45) is 1.98. The van der Waals surface area contributed by atoms with Gasteiger partial charge in [0.15, 0.2) is 23.1 Å². The molecule has 3 rings (SSSR count). The predicted octanol–water partition coefficient (Wildman–Crippen LogP) is 3.51. The van der Waals surface area contributed by atoms with E-state index >= 15 is 0 Å². The Morgan fingerprint density at radius 3 is 2.12 bits per heavy atom. The van der Waals surface area contributed by atoms with Crippen molar-refractivity contribution in [2.45, 2.75) is 0 Å². The van der Waals surface area contributed by atoms with Gasteiger partial charge < -0.3 is 29.6 Å². The normalized spacial score (nSPS) is 10.9. The van der Waals surface area contributed by atoms with Crippen LogP contribution in [-0.2, 0) is 10.0 Å². The van der Waals surface area contributed by atoms with Crippen molar-refractivity contribution in [1.82, 2.24) is 9.97 Å². The number of hydrogen-bond donors (Lipinski definition) is 3. The number of benzene rings is 2. The number of nitrogens with zero attached hydrogens (tertiary/aromatic N) is 2. The van der Waals surface area contributed by atoms with Crippen LogP contribution in [0.1, 0.15) is 0 Å². The molecule has 182 valence electrons. The number of rotatable bonds is 10. The number of nitrogens with one attached hydrogen (secondary N) is 3. The smallest absolute Gasteiger partial charge is 0.229 e. The first-order valence-electron chi connectivity index (χ1n) is 9.69. The highest BCUT2D eigenvalue weighted by Crippen LogP contribution is 2.40. The van der Waals surface area contributed by atoms with Gasteiger partial charge in [0.25, 0.3) is 0 Å². The van der Waals surface area contributed by atoms with E-state index in [4.69, 9.17) is 18.9 Å². The minimum absolute atomic E-state index is 0.0595. The number of sulfonamides is 1. The topological polar surface area (TPSA) is 133 Å². The number of methoxy groups -OCH3 is 4. The van der Waals surface area contributed by atoms with Crippen LogP contribution < -0.4 is 34.3 Å². The quantitative estimate of drug-likeness (QED) is 0.385. The first-order chi connectivity index (χ1) is 16.2. The van der Waals surface area contributed by atoms with Gasteiger partial charge in [0.2, 0.25) is 21.7 Å². The van der Waals surface area contributed by atoms with Gasteiger partial charge in [-0.1, -0.05) is 0 Å². The number of anilines is 5. The molecule has 3 N–H and O–H groups in total. The Labute approximate surface area is 196 Å². The van der Waals surface area contributed by atoms with E-state index in [1.165, 1.54) is 40.6 Å². The third-order valence-corrected chi connectivity index (χ3v) is 5.03. The van der Waals surface area contributed by atoms with E-state index in [0.717, 1.165) is 12.5 Å². The largest absolute Gasteiger partial charge is 0.497 e. The number of ether oxygens (including phenoxy) is 4. The summed E-state index contributed by atoms with van der Waals surface area (Å²) in [5.41, 5.74) is 0.900. The lowest BCUT2D eigenvalue weighted by atomic mass is 10.2. The van der Waals surface area contributed by atoms with Gasteiger partial charge in [-0.25, -0.2) is 17.8 Å². The molecule has 0 aliphatic carbocycles. The molecule has 1 aromatic heterocycles. The number of aromatic nitrogens is 2. The van der Waals surface area contributed by atoms with E-state index in [9.17, 15) is 12.8 Å². The highest BCUT2D eigenvalue weighted by molar-refractivity contribution is 7.92. The van der Waals surface area contributed by atoms with Crippen LogP contribution >= 0.6 is 0 Å². The Kier molecular flexibility index (Phi) is 7.46. The molecule has 0 aliphatic rings. The molecular formula is C21H24FN5O6S. The summed E-state index contributed by atoms with van der Waals surface area (Å²) in [5.74, 6) is 0.736. The Morgan fingerprint density at radius 1 is 0.882 bits per heavy atom. The van der Waals surface area contributed by atoms with Crippen molar-refractivity contribution in [2.75, 3.05) is 50.1 Å². The summed E-state index contributed by atoms with van der Waals surface area (Å²) in [5, 5.41) is 5.74. The molecule has 0 bridgehead atoms. The molecule has 0 fully saturated rings. The van der Waals surface area contributed by atoms with E-state index in [0.29, 0.717) is 28.7 Å². The van der Waals surface area contributed by atoms with Crippen molar-refractivity contribution >= 4 is 38.9 Å². The van der Waals surface area contributed by atoms with Gasteiger partial charge in [0, 0.05) is 23.9 Å². The molecule has 0 atom stereocenters. The summed E-state index contributed by atoms with van der Waals surface area (Å²) in [6.45, 7) is 0. The van der Waals surface area contributed by atoms with E-state index in [2.05, 4.69) is 25.3 Å². The van der Waals surface area contributed by atoms with Crippen LogP contribution in [-0.4, -0.2) is 53.1 Å². The van der Waals surface area contributed by atoms with Crippen molar-refractivity contribution in [2.24, 2.45) is 0 Å². The van der Waals surface area contributed by atoms with Crippen LogP contribution in [0.5, 0.6) is 23.0 Å². The van der Waals surface area contributed by atoms with E-state index in [1.54, 1.807) is 18.2 Å². The van der Waals surface area contributed by atoms with E-state index < -0.39 is 15.8 Å². The summed E-state index contributed by atoms with van der Waals surface area (Å²) in [4.78, 5) is 8.12. The van der Waals surface area contributed by atoms with Gasteiger partial charge in [-0.15, -0.1) is 0 Å². The Morgan fingerprint density at radius 2 is 1.56 bits per heavy atom. The van der Waals surface area contributed by atoms with Gasteiger partial charge in [-0.05, 0) is 12.1 Å². The zero-order chi connectivity index (χ0) is 24.9. The molecule has 0 spiro atoms. The van der Waals surface area contributed by atoms with Crippen LogP contribution in [0.4, 0.5) is 33.2 Å². The molecule has 3 aromatic rings. The molecule has 11 nitrogen and oxygen atoms in total. The fourth-order valence-corrected chi connectivity index (χ4v) is 3.54. The van der Waals surface area contributed by atoms with Gasteiger partial charge in [0.05, 0.1) is 52.3 Å². The lowest BCUT2D eigenvalue weighted by Gasteiger charge is -2.16. The Hall–Kier alpha value is -4.00. The maximum atomic E-state index is 14.5. The van der Waals surface area contributed by atoms with Crippen molar-refractivity contribution in [3.8, 4) is 23.0 Å². The van der Waals surface area contributed by atoms with Gasteiger partial charge >= 0.3 is 0 Å². The van der Waals surface area contributed by atoms with Crippen molar-refractivity contribution in [3.05, 3.63) is 42.3 Å². The second-order valence-corrected chi connectivity index (χ2v) is 8.59. The summed E-state index contributed by atoms with van der Waals surface area (Å²) in [7, 11) is 2.28. The van der Waals surface area contributed by atoms with Crippen molar-refractivity contribution in [1.29, 1.82) is 0 Å². The molecule has 34 heavy (non-hydrogen) atoms. The third-order valence-electron chi connectivity index (χ3n) is 4.44. The molecule has 0 unspecified atom stereocenters. The fourth-order valence-electron chi connectivity index (χ4n) is 2.97. The second kappa shape index (κ2) is 10.3. The SMILES string of the molecule is COc1ccc(Nc2nc(Nc3cc(OC)c(OC)c(OC)c3)ncc2F)c(NS(C)(=O)=O)c1.